The lowest BCUT2D eigenvalue weighted by molar-refractivity contribution is -0.140. The van der Waals surface area contributed by atoms with Crippen LogP contribution in [0.1, 0.15) is 57.1 Å². The first-order chi connectivity index (χ1) is 12.9. The number of hydrogen-bond donors (Lipinski definition) is 1. The largest absolute Gasteiger partial charge is 0.338 e. The fourth-order valence-electron chi connectivity index (χ4n) is 4.18. The monoisotopic (exact) mass is 371 g/mol. The molecule has 27 heavy (non-hydrogen) atoms. The van der Waals surface area contributed by atoms with Crippen LogP contribution < -0.4 is 5.32 Å². The Bertz CT molecular complexity index is 725. The van der Waals surface area contributed by atoms with Gasteiger partial charge < -0.3 is 10.2 Å². The minimum Gasteiger partial charge on any atom is -0.338 e. The van der Waals surface area contributed by atoms with Gasteiger partial charge in [-0.3, -0.25) is 14.5 Å². The van der Waals surface area contributed by atoms with Gasteiger partial charge in [0.2, 0.25) is 5.91 Å². The first-order valence-electron chi connectivity index (χ1n) is 9.87. The molecule has 2 fully saturated rings. The van der Waals surface area contributed by atoms with Crippen molar-refractivity contribution < 1.29 is 14.4 Å². The highest BCUT2D eigenvalue weighted by Gasteiger charge is 2.49. The standard InChI is InChI=1S/C21H29N3O3/c1-4-23(17-8-6-5-7-9-17)18(25)14-24-19(26)21(3,22-20(24)27)16-12-10-15(2)11-13-16/h10-13,17H,4-9,14H2,1-3H3,(H,22,27)/t21-/m1/s1. The molecule has 1 aromatic carbocycles. The molecule has 0 aromatic heterocycles. The van der Waals surface area contributed by atoms with Gasteiger partial charge in [-0.1, -0.05) is 49.1 Å². The Morgan fingerprint density at radius 1 is 1.19 bits per heavy atom. The van der Waals surface area contributed by atoms with Crippen molar-refractivity contribution in [3.63, 3.8) is 0 Å². The molecule has 1 aliphatic heterocycles. The van der Waals surface area contributed by atoms with Crippen LogP contribution in [0, 0.1) is 6.92 Å². The third kappa shape index (κ3) is 3.70. The molecule has 0 radical (unpaired) electrons. The van der Waals surface area contributed by atoms with Gasteiger partial charge >= 0.3 is 6.03 Å². The van der Waals surface area contributed by atoms with Crippen molar-refractivity contribution in [2.24, 2.45) is 0 Å². The maximum atomic E-state index is 13.0. The van der Waals surface area contributed by atoms with Crippen LogP contribution >= 0.6 is 0 Å². The van der Waals surface area contributed by atoms with E-state index in [1.807, 2.05) is 43.0 Å². The van der Waals surface area contributed by atoms with Crippen LogP contribution in [0.5, 0.6) is 0 Å². The van der Waals surface area contributed by atoms with E-state index >= 15 is 0 Å². The van der Waals surface area contributed by atoms with Gasteiger partial charge in [0.1, 0.15) is 12.1 Å². The van der Waals surface area contributed by atoms with E-state index < -0.39 is 11.6 Å². The number of carbonyl (C=O) groups is 3. The predicted octanol–water partition coefficient (Wildman–Crippen LogP) is 2.94. The second-order valence-corrected chi connectivity index (χ2v) is 7.78. The summed E-state index contributed by atoms with van der Waals surface area (Å²) in [6, 6.07) is 7.24. The molecule has 3 rings (SSSR count). The zero-order chi connectivity index (χ0) is 19.6. The zero-order valence-corrected chi connectivity index (χ0v) is 16.5. The summed E-state index contributed by atoms with van der Waals surface area (Å²) in [6.45, 7) is 6.02. The third-order valence-corrected chi connectivity index (χ3v) is 5.87. The lowest BCUT2D eigenvalue weighted by Crippen LogP contribution is -2.48. The van der Waals surface area contributed by atoms with Crippen LogP contribution in [0.3, 0.4) is 0 Å². The summed E-state index contributed by atoms with van der Waals surface area (Å²) in [5, 5.41) is 2.77. The molecule has 0 spiro atoms. The zero-order valence-electron chi connectivity index (χ0n) is 16.5. The van der Waals surface area contributed by atoms with Crippen molar-refractivity contribution in [3.05, 3.63) is 35.4 Å². The van der Waals surface area contributed by atoms with E-state index in [1.165, 1.54) is 6.42 Å². The number of likely N-dealkylation sites (N-methyl/N-ethyl adjacent to an activating group) is 1. The van der Waals surface area contributed by atoms with Gasteiger partial charge in [-0.05, 0) is 39.2 Å². The number of benzene rings is 1. The Balaban J connectivity index is 1.74. The fraction of sp³-hybridized carbons (Fsp3) is 0.571. The Kier molecular flexibility index (Phi) is 5.53. The number of nitrogens with one attached hydrogen (secondary N) is 1. The fourth-order valence-corrected chi connectivity index (χ4v) is 4.18. The van der Waals surface area contributed by atoms with Gasteiger partial charge in [-0.25, -0.2) is 4.79 Å². The first-order valence-corrected chi connectivity index (χ1v) is 9.87. The van der Waals surface area contributed by atoms with Crippen LogP contribution in [0.4, 0.5) is 4.79 Å². The van der Waals surface area contributed by atoms with Crippen LogP contribution in [0.2, 0.25) is 0 Å². The number of nitrogens with zero attached hydrogens (tertiary/aromatic N) is 2. The summed E-state index contributed by atoms with van der Waals surface area (Å²) in [6.07, 6.45) is 5.47. The summed E-state index contributed by atoms with van der Waals surface area (Å²) in [4.78, 5) is 41.3. The van der Waals surface area contributed by atoms with E-state index in [1.54, 1.807) is 6.92 Å². The maximum Gasteiger partial charge on any atom is 0.325 e. The molecular formula is C21H29N3O3. The molecule has 1 N–H and O–H groups in total. The summed E-state index contributed by atoms with van der Waals surface area (Å²) in [5.41, 5.74) is 0.672. The molecule has 1 atom stereocenters. The number of hydrogen-bond acceptors (Lipinski definition) is 3. The highest BCUT2D eigenvalue weighted by Crippen LogP contribution is 2.29. The van der Waals surface area contributed by atoms with Crippen molar-refractivity contribution in [1.82, 2.24) is 15.1 Å². The number of imide groups is 1. The van der Waals surface area contributed by atoms with Gasteiger partial charge in [0.25, 0.3) is 5.91 Å². The number of amides is 4. The normalized spacial score (nSPS) is 23.4. The second kappa shape index (κ2) is 7.71. The number of rotatable bonds is 5. The molecule has 6 heteroatoms. The summed E-state index contributed by atoms with van der Waals surface area (Å²) in [5.74, 6) is -0.523. The molecule has 1 aliphatic carbocycles. The minimum absolute atomic E-state index is 0.152. The van der Waals surface area contributed by atoms with E-state index in [0.717, 1.165) is 41.7 Å². The van der Waals surface area contributed by atoms with Crippen LogP contribution in [-0.4, -0.2) is 46.8 Å². The quantitative estimate of drug-likeness (QED) is 0.809. The third-order valence-electron chi connectivity index (χ3n) is 5.87. The molecule has 2 aliphatic rings. The molecule has 0 bridgehead atoms. The van der Waals surface area contributed by atoms with E-state index in [2.05, 4.69) is 5.32 Å². The molecule has 4 amide bonds. The topological polar surface area (TPSA) is 69.7 Å². The Morgan fingerprint density at radius 2 is 1.81 bits per heavy atom. The Labute approximate surface area is 160 Å². The maximum absolute atomic E-state index is 13.0. The van der Waals surface area contributed by atoms with Gasteiger partial charge in [-0.2, -0.15) is 0 Å². The van der Waals surface area contributed by atoms with Crippen LogP contribution in [0.15, 0.2) is 24.3 Å². The SMILES string of the molecule is CCN(C(=O)CN1C(=O)N[C@](C)(c2ccc(C)cc2)C1=O)C1CCCCC1. The van der Waals surface area contributed by atoms with E-state index in [4.69, 9.17) is 0 Å². The van der Waals surface area contributed by atoms with Gasteiger partial charge in [0, 0.05) is 12.6 Å². The molecule has 0 unspecified atom stereocenters. The molecule has 1 aromatic rings. The predicted molar refractivity (Wildman–Crippen MR) is 103 cm³/mol. The molecule has 1 heterocycles. The molecule has 146 valence electrons. The smallest absolute Gasteiger partial charge is 0.325 e. The van der Waals surface area contributed by atoms with Gasteiger partial charge in [0.05, 0.1) is 0 Å². The van der Waals surface area contributed by atoms with Crippen molar-refractivity contribution in [2.75, 3.05) is 13.1 Å². The minimum atomic E-state index is -1.13. The average molecular weight is 371 g/mol. The first kappa shape index (κ1) is 19.4. The Hall–Kier alpha value is -2.37. The molecule has 1 saturated carbocycles. The number of aryl methyl sites for hydroxylation is 1. The van der Waals surface area contributed by atoms with Crippen molar-refractivity contribution >= 4 is 17.8 Å². The highest BCUT2D eigenvalue weighted by atomic mass is 16.2. The lowest BCUT2D eigenvalue weighted by Gasteiger charge is -2.34. The number of urea groups is 1. The lowest BCUT2D eigenvalue weighted by atomic mass is 9.91. The van der Waals surface area contributed by atoms with Crippen LogP contribution in [-0.2, 0) is 15.1 Å². The molecule has 6 nitrogen and oxygen atoms in total. The summed E-state index contributed by atoms with van der Waals surface area (Å²) in [7, 11) is 0. The Morgan fingerprint density at radius 3 is 2.41 bits per heavy atom. The van der Waals surface area contributed by atoms with E-state index in [0.29, 0.717) is 6.54 Å². The van der Waals surface area contributed by atoms with Crippen molar-refractivity contribution in [1.29, 1.82) is 0 Å². The highest BCUT2D eigenvalue weighted by molar-refractivity contribution is 6.09. The summed E-state index contributed by atoms with van der Waals surface area (Å²) >= 11 is 0. The van der Waals surface area contributed by atoms with E-state index in [-0.39, 0.29) is 24.4 Å². The summed E-state index contributed by atoms with van der Waals surface area (Å²) < 4.78 is 0. The van der Waals surface area contributed by atoms with E-state index in [9.17, 15) is 14.4 Å². The van der Waals surface area contributed by atoms with Gasteiger partial charge in [0.15, 0.2) is 0 Å². The van der Waals surface area contributed by atoms with Gasteiger partial charge in [-0.15, -0.1) is 0 Å². The second-order valence-electron chi connectivity index (χ2n) is 7.78. The molecule has 1 saturated heterocycles. The average Bonchev–Trinajstić information content (AvgIpc) is 2.88. The van der Waals surface area contributed by atoms with Crippen molar-refractivity contribution in [3.8, 4) is 0 Å². The number of carbonyl (C=O) groups excluding carboxylic acids is 3. The van der Waals surface area contributed by atoms with Crippen molar-refractivity contribution in [2.45, 2.75) is 64.5 Å². The van der Waals surface area contributed by atoms with Crippen LogP contribution in [0.25, 0.3) is 0 Å². The molecular weight excluding hydrogens is 342 g/mol.